The fraction of sp³-hybridized carbons (Fsp3) is 0.355. The molecule has 208 valence electrons. The quantitative estimate of drug-likeness (QED) is 0.286. The van der Waals surface area contributed by atoms with Gasteiger partial charge in [-0.05, 0) is 61.4 Å². The first kappa shape index (κ1) is 26.6. The average Bonchev–Trinajstić information content (AvgIpc) is 2.90. The summed E-state index contributed by atoms with van der Waals surface area (Å²) < 4.78 is 39.6. The van der Waals surface area contributed by atoms with E-state index in [-0.39, 0.29) is 39.4 Å². The number of hydrogen-bond acceptors (Lipinski definition) is 5. The molecule has 0 saturated carbocycles. The fourth-order valence-electron chi connectivity index (χ4n) is 6.17. The van der Waals surface area contributed by atoms with Gasteiger partial charge in [0.05, 0.1) is 39.2 Å². The number of ether oxygens (including phenoxy) is 1. The van der Waals surface area contributed by atoms with Gasteiger partial charge in [-0.1, -0.05) is 38.4 Å². The van der Waals surface area contributed by atoms with Crippen LogP contribution in [0.5, 0.6) is 11.5 Å². The minimum atomic E-state index is -0.909. The SMILES string of the molecule is Cc1ccnc(C(C)C)c1-n1c(=O)c2c(c3cc(Cl)c(-c4c(O)cccc4F)c(F)c31)N1C[C@@H](C)CC[C@@H]1CO2. The van der Waals surface area contributed by atoms with Crippen molar-refractivity contribution in [2.45, 2.75) is 52.5 Å². The van der Waals surface area contributed by atoms with Crippen molar-refractivity contribution in [2.75, 3.05) is 18.1 Å². The third kappa shape index (κ3) is 3.95. The highest BCUT2D eigenvalue weighted by molar-refractivity contribution is 6.34. The van der Waals surface area contributed by atoms with E-state index in [9.17, 15) is 9.90 Å². The number of hydrogen-bond donors (Lipinski definition) is 1. The number of anilines is 1. The number of nitrogens with zero attached hydrogens (tertiary/aromatic N) is 3. The van der Waals surface area contributed by atoms with Crippen molar-refractivity contribution in [1.29, 1.82) is 0 Å². The maximum atomic E-state index is 17.0. The van der Waals surface area contributed by atoms with Crippen LogP contribution in [-0.2, 0) is 0 Å². The molecule has 9 heteroatoms. The minimum absolute atomic E-state index is 0.0330. The molecule has 0 radical (unpaired) electrons. The molecule has 6 rings (SSSR count). The van der Waals surface area contributed by atoms with Crippen molar-refractivity contribution in [3.8, 4) is 28.3 Å². The zero-order valence-electron chi connectivity index (χ0n) is 22.8. The number of aryl methyl sites for hydroxylation is 1. The summed E-state index contributed by atoms with van der Waals surface area (Å²) in [5, 5.41) is 10.9. The Bertz CT molecular complexity index is 1720. The van der Waals surface area contributed by atoms with E-state index in [0.717, 1.165) is 18.9 Å². The molecular weight excluding hydrogens is 536 g/mol. The summed E-state index contributed by atoms with van der Waals surface area (Å²) in [6.07, 6.45) is 3.56. The van der Waals surface area contributed by atoms with E-state index in [2.05, 4.69) is 16.8 Å². The van der Waals surface area contributed by atoms with Gasteiger partial charge in [-0.3, -0.25) is 14.3 Å². The summed E-state index contributed by atoms with van der Waals surface area (Å²) in [6, 6.07) is 7.08. The van der Waals surface area contributed by atoms with Crippen molar-refractivity contribution >= 4 is 28.2 Å². The monoisotopic (exact) mass is 565 g/mol. The molecule has 0 aliphatic carbocycles. The van der Waals surface area contributed by atoms with Gasteiger partial charge in [-0.25, -0.2) is 8.78 Å². The van der Waals surface area contributed by atoms with Gasteiger partial charge >= 0.3 is 0 Å². The van der Waals surface area contributed by atoms with E-state index >= 15 is 8.78 Å². The molecule has 40 heavy (non-hydrogen) atoms. The van der Waals surface area contributed by atoms with Gasteiger partial charge in [0.2, 0.25) is 5.75 Å². The van der Waals surface area contributed by atoms with E-state index in [0.29, 0.717) is 47.1 Å². The Labute approximate surface area is 235 Å². The number of benzene rings is 2. The Morgan fingerprint density at radius 1 is 1.15 bits per heavy atom. The Morgan fingerprint density at radius 2 is 1.93 bits per heavy atom. The van der Waals surface area contributed by atoms with Crippen LogP contribution in [0.1, 0.15) is 50.8 Å². The first-order valence-electron chi connectivity index (χ1n) is 13.5. The van der Waals surface area contributed by atoms with Crippen LogP contribution in [0, 0.1) is 24.5 Å². The number of piperidine rings is 1. The second-order valence-electron chi connectivity index (χ2n) is 11.2. The molecule has 1 N–H and O–H groups in total. The number of phenols is 1. The van der Waals surface area contributed by atoms with Crippen molar-refractivity contribution in [1.82, 2.24) is 9.55 Å². The van der Waals surface area contributed by atoms with Crippen LogP contribution >= 0.6 is 11.6 Å². The zero-order valence-corrected chi connectivity index (χ0v) is 23.5. The Morgan fingerprint density at radius 3 is 2.65 bits per heavy atom. The molecule has 2 aromatic heterocycles. The maximum absolute atomic E-state index is 17.0. The largest absolute Gasteiger partial charge is 0.507 e. The van der Waals surface area contributed by atoms with E-state index in [1.807, 2.05) is 20.8 Å². The van der Waals surface area contributed by atoms with E-state index in [4.69, 9.17) is 16.3 Å². The molecule has 0 spiro atoms. The number of pyridine rings is 2. The zero-order chi connectivity index (χ0) is 28.5. The lowest BCUT2D eigenvalue weighted by atomic mass is 9.91. The molecule has 6 nitrogen and oxygen atoms in total. The van der Waals surface area contributed by atoms with Crippen molar-refractivity contribution in [3.63, 3.8) is 0 Å². The molecule has 4 aromatic rings. The molecule has 2 aliphatic rings. The predicted molar refractivity (Wildman–Crippen MR) is 153 cm³/mol. The molecule has 0 bridgehead atoms. The lowest BCUT2D eigenvalue weighted by Gasteiger charge is -2.44. The minimum Gasteiger partial charge on any atom is -0.507 e. The second kappa shape index (κ2) is 9.77. The van der Waals surface area contributed by atoms with Crippen LogP contribution < -0.4 is 15.2 Å². The van der Waals surface area contributed by atoms with Gasteiger partial charge in [0, 0.05) is 23.7 Å². The van der Waals surface area contributed by atoms with Gasteiger partial charge in [0.25, 0.3) is 5.56 Å². The fourth-order valence-corrected chi connectivity index (χ4v) is 6.46. The smallest absolute Gasteiger partial charge is 0.300 e. The van der Waals surface area contributed by atoms with E-state index in [1.165, 1.54) is 16.7 Å². The van der Waals surface area contributed by atoms with Crippen LogP contribution in [0.25, 0.3) is 27.7 Å². The van der Waals surface area contributed by atoms with E-state index < -0.39 is 22.9 Å². The number of aromatic hydroxyl groups is 1. The molecule has 4 heterocycles. The second-order valence-corrected chi connectivity index (χ2v) is 11.6. The normalized spacial score (nSPS) is 18.6. The summed E-state index contributed by atoms with van der Waals surface area (Å²) in [5.74, 6) is -1.80. The van der Waals surface area contributed by atoms with Crippen LogP contribution in [0.4, 0.5) is 14.5 Å². The number of halogens is 3. The molecule has 1 saturated heterocycles. The van der Waals surface area contributed by atoms with Gasteiger partial charge in [0.15, 0.2) is 5.82 Å². The summed E-state index contributed by atoms with van der Waals surface area (Å²) in [4.78, 5) is 21.1. The Balaban J connectivity index is 1.82. The molecular formula is C31H30ClF2N3O3. The van der Waals surface area contributed by atoms with Crippen molar-refractivity contribution in [3.05, 3.63) is 74.8 Å². The predicted octanol–water partition coefficient (Wildman–Crippen LogP) is 7.12. The molecule has 0 amide bonds. The highest BCUT2D eigenvalue weighted by Crippen LogP contribution is 2.47. The lowest BCUT2D eigenvalue weighted by Crippen LogP contribution is -2.50. The Kier molecular flexibility index (Phi) is 6.49. The number of fused-ring (bicyclic) bond motifs is 5. The van der Waals surface area contributed by atoms with Gasteiger partial charge in [0.1, 0.15) is 18.2 Å². The van der Waals surface area contributed by atoms with Crippen molar-refractivity contribution in [2.24, 2.45) is 5.92 Å². The molecule has 2 aliphatic heterocycles. The number of aromatic nitrogens is 2. The Hall–Kier alpha value is -3.65. The maximum Gasteiger partial charge on any atom is 0.300 e. The first-order valence-corrected chi connectivity index (χ1v) is 13.9. The summed E-state index contributed by atoms with van der Waals surface area (Å²) in [5.41, 5.74) is 0.991. The summed E-state index contributed by atoms with van der Waals surface area (Å²) in [6.45, 7) is 8.90. The van der Waals surface area contributed by atoms with Crippen LogP contribution in [0.3, 0.4) is 0 Å². The molecule has 0 unspecified atom stereocenters. The molecule has 2 aromatic carbocycles. The first-order chi connectivity index (χ1) is 19.1. The topological polar surface area (TPSA) is 67.6 Å². The summed E-state index contributed by atoms with van der Waals surface area (Å²) in [7, 11) is 0. The van der Waals surface area contributed by atoms with Crippen LogP contribution in [0.15, 0.2) is 41.3 Å². The third-order valence-corrected chi connectivity index (χ3v) is 8.40. The third-order valence-electron chi connectivity index (χ3n) is 8.10. The standard InChI is InChI=1S/C31H30ClF2N3O3/c1-15(2)26-27(17(4)10-11-35-26)37-28-19(12-20(32)23(25(28)34)24-21(33)6-5-7-22(24)38)29-30(31(37)39)40-14-18-9-8-16(3)13-36(18)29/h5-7,10-12,15-16,18,38H,8-9,13-14H2,1-4H3/t16-,18+/m0/s1. The molecule has 1 fully saturated rings. The van der Waals surface area contributed by atoms with Crippen LogP contribution in [-0.4, -0.2) is 33.9 Å². The van der Waals surface area contributed by atoms with E-state index in [1.54, 1.807) is 18.3 Å². The van der Waals surface area contributed by atoms with Gasteiger partial charge in [-0.15, -0.1) is 0 Å². The van der Waals surface area contributed by atoms with Gasteiger partial charge in [-0.2, -0.15) is 0 Å². The lowest BCUT2D eigenvalue weighted by molar-refractivity contribution is 0.222. The highest BCUT2D eigenvalue weighted by atomic mass is 35.5. The number of rotatable bonds is 3. The number of phenolic OH excluding ortho intramolecular Hbond substituents is 1. The highest BCUT2D eigenvalue weighted by Gasteiger charge is 2.38. The summed E-state index contributed by atoms with van der Waals surface area (Å²) >= 11 is 6.71. The van der Waals surface area contributed by atoms with Crippen molar-refractivity contribution < 1.29 is 18.6 Å². The van der Waals surface area contributed by atoms with Crippen LogP contribution in [0.2, 0.25) is 5.02 Å². The molecule has 2 atom stereocenters. The average molecular weight is 566 g/mol. The van der Waals surface area contributed by atoms with Gasteiger partial charge < -0.3 is 14.7 Å².